The van der Waals surface area contributed by atoms with E-state index in [0.29, 0.717) is 32.2 Å². The summed E-state index contributed by atoms with van der Waals surface area (Å²) >= 11 is 6.67. The number of thiocarbonyl (C=S) groups is 1. The summed E-state index contributed by atoms with van der Waals surface area (Å²) in [5.74, 6) is 1.91. The first-order valence-electron chi connectivity index (χ1n) is 7.47. The number of methoxy groups -OCH3 is 1. The third kappa shape index (κ3) is 2.96. The fourth-order valence-electron chi connectivity index (χ4n) is 2.59. The van der Waals surface area contributed by atoms with Crippen molar-refractivity contribution in [1.82, 2.24) is 0 Å². The second kappa shape index (κ2) is 6.42. The highest BCUT2D eigenvalue weighted by molar-refractivity contribution is 8.27. The molecule has 2 aliphatic rings. The van der Waals surface area contributed by atoms with Crippen LogP contribution in [0, 0.1) is 0 Å². The molecule has 2 aromatic rings. The Morgan fingerprint density at radius 2 is 2.04 bits per heavy atom. The van der Waals surface area contributed by atoms with Crippen molar-refractivity contribution >= 4 is 46.0 Å². The minimum atomic E-state index is -0.152. The number of nitrogens with zero attached hydrogens (tertiary/aromatic N) is 1. The topological polar surface area (TPSA) is 48.0 Å². The van der Waals surface area contributed by atoms with E-state index in [1.807, 2.05) is 36.4 Å². The van der Waals surface area contributed by atoms with Crippen molar-refractivity contribution in [3.8, 4) is 17.2 Å². The Labute approximate surface area is 154 Å². The van der Waals surface area contributed by atoms with E-state index in [-0.39, 0.29) is 12.7 Å². The van der Waals surface area contributed by atoms with Gasteiger partial charge in [0.25, 0.3) is 5.91 Å². The maximum absolute atomic E-state index is 12.8. The molecule has 0 atom stereocenters. The minimum absolute atomic E-state index is 0.152. The van der Waals surface area contributed by atoms with Crippen LogP contribution in [0.2, 0.25) is 0 Å². The standard InChI is InChI=1S/C18H13NO4S2/c1-21-13-4-2-3-12(9-13)19-17(20)16(25-18(19)24)8-11-5-6-14-15(7-11)23-10-22-14/h2-9H,10H2,1H3. The highest BCUT2D eigenvalue weighted by atomic mass is 32.2. The lowest BCUT2D eigenvalue weighted by atomic mass is 10.2. The van der Waals surface area contributed by atoms with E-state index >= 15 is 0 Å². The molecule has 0 N–H and O–H groups in total. The van der Waals surface area contributed by atoms with Crippen molar-refractivity contribution in [3.05, 3.63) is 52.9 Å². The average Bonchev–Trinajstić information content (AvgIpc) is 3.19. The van der Waals surface area contributed by atoms with Crippen LogP contribution in [0.5, 0.6) is 17.2 Å². The number of hydrogen-bond donors (Lipinski definition) is 0. The van der Waals surface area contributed by atoms with E-state index in [1.54, 1.807) is 19.3 Å². The first kappa shape index (κ1) is 16.0. The molecule has 0 bridgehead atoms. The smallest absolute Gasteiger partial charge is 0.270 e. The molecule has 5 nitrogen and oxygen atoms in total. The van der Waals surface area contributed by atoms with E-state index in [9.17, 15) is 4.79 Å². The Morgan fingerprint density at radius 1 is 1.20 bits per heavy atom. The minimum Gasteiger partial charge on any atom is -0.497 e. The van der Waals surface area contributed by atoms with Crippen molar-refractivity contribution in [2.75, 3.05) is 18.8 Å². The molecule has 1 saturated heterocycles. The molecular formula is C18H13NO4S2. The molecule has 0 radical (unpaired) electrons. The summed E-state index contributed by atoms with van der Waals surface area (Å²) in [6, 6.07) is 12.8. The number of carbonyl (C=O) groups excluding carboxylic acids is 1. The van der Waals surface area contributed by atoms with Gasteiger partial charge in [-0.3, -0.25) is 9.69 Å². The summed E-state index contributed by atoms with van der Waals surface area (Å²) in [6.45, 7) is 0.219. The van der Waals surface area contributed by atoms with Crippen LogP contribution in [0.15, 0.2) is 47.4 Å². The summed E-state index contributed by atoms with van der Waals surface area (Å²) < 4.78 is 16.4. The zero-order chi connectivity index (χ0) is 17.4. The zero-order valence-corrected chi connectivity index (χ0v) is 14.9. The van der Waals surface area contributed by atoms with Crippen LogP contribution in [0.4, 0.5) is 5.69 Å². The van der Waals surface area contributed by atoms with Crippen molar-refractivity contribution in [2.24, 2.45) is 0 Å². The number of ether oxygens (including phenoxy) is 3. The fourth-order valence-corrected chi connectivity index (χ4v) is 3.89. The molecule has 4 rings (SSSR count). The quantitative estimate of drug-likeness (QED) is 0.604. The maximum Gasteiger partial charge on any atom is 0.270 e. The molecule has 1 fully saturated rings. The Kier molecular flexibility index (Phi) is 4.10. The number of amides is 1. The van der Waals surface area contributed by atoms with Gasteiger partial charge in [-0.05, 0) is 35.9 Å². The summed E-state index contributed by atoms with van der Waals surface area (Å²) in [7, 11) is 1.59. The third-order valence-electron chi connectivity index (χ3n) is 3.80. The van der Waals surface area contributed by atoms with Crippen LogP contribution in [-0.4, -0.2) is 24.1 Å². The van der Waals surface area contributed by atoms with Gasteiger partial charge < -0.3 is 14.2 Å². The van der Waals surface area contributed by atoms with Crippen LogP contribution >= 0.6 is 24.0 Å². The van der Waals surface area contributed by atoms with Crippen molar-refractivity contribution < 1.29 is 19.0 Å². The van der Waals surface area contributed by atoms with Crippen LogP contribution in [0.1, 0.15) is 5.56 Å². The lowest BCUT2D eigenvalue weighted by Crippen LogP contribution is -2.27. The predicted molar refractivity (Wildman–Crippen MR) is 101 cm³/mol. The summed E-state index contributed by atoms with van der Waals surface area (Å²) in [5.41, 5.74) is 1.55. The average molecular weight is 371 g/mol. The van der Waals surface area contributed by atoms with Gasteiger partial charge in [0.2, 0.25) is 6.79 Å². The van der Waals surface area contributed by atoms with E-state index in [0.717, 1.165) is 5.56 Å². The van der Waals surface area contributed by atoms with Gasteiger partial charge in [-0.25, -0.2) is 0 Å². The molecule has 1 amide bonds. The second-order valence-electron chi connectivity index (χ2n) is 5.33. The molecule has 0 saturated carbocycles. The summed E-state index contributed by atoms with van der Waals surface area (Å²) in [5, 5.41) is 0. The van der Waals surface area contributed by atoms with Gasteiger partial charge in [0.15, 0.2) is 15.8 Å². The number of rotatable bonds is 3. The molecular weight excluding hydrogens is 358 g/mol. The van der Waals surface area contributed by atoms with Crippen LogP contribution in [0.25, 0.3) is 6.08 Å². The number of carbonyl (C=O) groups is 1. The first-order chi connectivity index (χ1) is 12.2. The fraction of sp³-hybridized carbons (Fsp3) is 0.111. The lowest BCUT2D eigenvalue weighted by Gasteiger charge is -2.15. The molecule has 0 aliphatic carbocycles. The highest BCUT2D eigenvalue weighted by Crippen LogP contribution is 2.38. The molecule has 2 aliphatic heterocycles. The lowest BCUT2D eigenvalue weighted by molar-refractivity contribution is -0.113. The Bertz CT molecular complexity index is 910. The molecule has 2 heterocycles. The SMILES string of the molecule is COc1cccc(N2C(=O)C(=Cc3ccc4c(c3)OCO4)SC2=S)c1. The first-order valence-corrected chi connectivity index (χ1v) is 8.70. The van der Waals surface area contributed by atoms with Crippen LogP contribution in [-0.2, 0) is 4.79 Å². The van der Waals surface area contributed by atoms with Crippen molar-refractivity contribution in [2.45, 2.75) is 0 Å². The number of anilines is 1. The summed E-state index contributed by atoms with van der Waals surface area (Å²) in [6.07, 6.45) is 1.81. The second-order valence-corrected chi connectivity index (χ2v) is 7.01. The molecule has 0 aromatic heterocycles. The Morgan fingerprint density at radius 3 is 2.88 bits per heavy atom. The van der Waals surface area contributed by atoms with Crippen molar-refractivity contribution in [1.29, 1.82) is 0 Å². The molecule has 7 heteroatoms. The van der Waals surface area contributed by atoms with E-state index in [4.69, 9.17) is 26.4 Å². The largest absolute Gasteiger partial charge is 0.497 e. The zero-order valence-electron chi connectivity index (χ0n) is 13.2. The van der Waals surface area contributed by atoms with Gasteiger partial charge in [0.1, 0.15) is 5.75 Å². The normalized spacial score (nSPS) is 17.5. The predicted octanol–water partition coefficient (Wildman–Crippen LogP) is 3.83. The van der Waals surface area contributed by atoms with E-state index in [2.05, 4.69) is 0 Å². The number of hydrogen-bond acceptors (Lipinski definition) is 6. The summed E-state index contributed by atoms with van der Waals surface area (Å²) in [4.78, 5) is 14.9. The van der Waals surface area contributed by atoms with Gasteiger partial charge in [-0.1, -0.05) is 36.1 Å². The van der Waals surface area contributed by atoms with Crippen molar-refractivity contribution in [3.63, 3.8) is 0 Å². The Balaban J connectivity index is 1.64. The van der Waals surface area contributed by atoms with Gasteiger partial charge in [-0.2, -0.15) is 0 Å². The molecule has 25 heavy (non-hydrogen) atoms. The third-order valence-corrected chi connectivity index (χ3v) is 5.10. The van der Waals surface area contributed by atoms with Crippen LogP contribution in [0.3, 0.4) is 0 Å². The maximum atomic E-state index is 12.8. The number of fused-ring (bicyclic) bond motifs is 1. The number of thioether (sulfide) groups is 1. The molecule has 126 valence electrons. The van der Waals surface area contributed by atoms with E-state index < -0.39 is 0 Å². The van der Waals surface area contributed by atoms with E-state index in [1.165, 1.54) is 16.7 Å². The van der Waals surface area contributed by atoms with Gasteiger partial charge in [0, 0.05) is 6.07 Å². The Hall–Kier alpha value is -2.51. The van der Waals surface area contributed by atoms with Gasteiger partial charge in [-0.15, -0.1) is 0 Å². The van der Waals surface area contributed by atoms with Gasteiger partial charge >= 0.3 is 0 Å². The van der Waals surface area contributed by atoms with Crippen LogP contribution < -0.4 is 19.1 Å². The molecule has 0 unspecified atom stereocenters. The monoisotopic (exact) mass is 371 g/mol. The van der Waals surface area contributed by atoms with Gasteiger partial charge in [0.05, 0.1) is 17.7 Å². The molecule has 0 spiro atoms. The number of benzene rings is 2. The molecule has 2 aromatic carbocycles. The highest BCUT2D eigenvalue weighted by Gasteiger charge is 2.33.